The van der Waals surface area contributed by atoms with Gasteiger partial charge in [-0.2, -0.15) is 17.7 Å². The van der Waals surface area contributed by atoms with Gasteiger partial charge in [0.05, 0.1) is 0 Å². The number of hydrogen-bond donors (Lipinski definition) is 1. The van der Waals surface area contributed by atoms with Crippen LogP contribution in [0.4, 0.5) is 13.2 Å². The first kappa shape index (κ1) is 14.3. The number of H-pyrrole nitrogens is 1. The van der Waals surface area contributed by atoms with Crippen molar-refractivity contribution in [2.45, 2.75) is 6.18 Å². The Balaban J connectivity index is 2.27. The minimum atomic E-state index is -4.77. The van der Waals surface area contributed by atoms with E-state index in [9.17, 15) is 22.8 Å². The van der Waals surface area contributed by atoms with Crippen molar-refractivity contribution < 1.29 is 13.2 Å². The summed E-state index contributed by atoms with van der Waals surface area (Å²) in [6.45, 7) is 0. The van der Waals surface area contributed by atoms with E-state index in [-0.39, 0.29) is 16.5 Å². The fourth-order valence-electron chi connectivity index (χ4n) is 1.70. The molecule has 3 rings (SSSR count). The van der Waals surface area contributed by atoms with E-state index >= 15 is 0 Å². The van der Waals surface area contributed by atoms with Gasteiger partial charge in [-0.15, -0.1) is 15.3 Å². The molecule has 0 unspecified atom stereocenters. The van der Waals surface area contributed by atoms with E-state index in [0.29, 0.717) is 4.52 Å². The standard InChI is InChI=1S/C10H4ClF3N6O2/c11-4-3-19(9(22)15-7(4)21)6-2-1-5-16-17-8(10(12,13)14)20(5)18-6/h1-3H,(H,15,21,22). The topological polar surface area (TPSA) is 97.9 Å². The van der Waals surface area contributed by atoms with E-state index in [1.165, 1.54) is 12.1 Å². The molecule has 0 fully saturated rings. The zero-order chi connectivity index (χ0) is 16.1. The van der Waals surface area contributed by atoms with Crippen molar-refractivity contribution in [1.29, 1.82) is 0 Å². The largest absolute Gasteiger partial charge is 0.453 e. The molecule has 0 radical (unpaired) electrons. The number of nitrogens with zero attached hydrogens (tertiary/aromatic N) is 5. The van der Waals surface area contributed by atoms with Gasteiger partial charge in [0.1, 0.15) is 5.02 Å². The second-order valence-electron chi connectivity index (χ2n) is 4.09. The Kier molecular flexibility index (Phi) is 3.02. The van der Waals surface area contributed by atoms with Crippen molar-refractivity contribution in [2.24, 2.45) is 0 Å². The van der Waals surface area contributed by atoms with Gasteiger partial charge in [-0.25, -0.2) is 9.36 Å². The molecule has 0 saturated heterocycles. The van der Waals surface area contributed by atoms with Crippen LogP contribution in [-0.2, 0) is 6.18 Å². The molecule has 3 heterocycles. The summed E-state index contributed by atoms with van der Waals surface area (Å²) in [7, 11) is 0. The smallest absolute Gasteiger partial charge is 0.272 e. The highest BCUT2D eigenvalue weighted by molar-refractivity contribution is 6.30. The Hall–Kier alpha value is -2.69. The lowest BCUT2D eigenvalue weighted by Gasteiger charge is -2.06. The van der Waals surface area contributed by atoms with Crippen molar-refractivity contribution in [3.05, 3.63) is 50.0 Å². The first-order valence-electron chi connectivity index (χ1n) is 5.59. The molecule has 8 nitrogen and oxygen atoms in total. The van der Waals surface area contributed by atoms with E-state index in [4.69, 9.17) is 11.6 Å². The summed E-state index contributed by atoms with van der Waals surface area (Å²) in [4.78, 5) is 24.8. The summed E-state index contributed by atoms with van der Waals surface area (Å²) >= 11 is 5.59. The molecule has 114 valence electrons. The summed E-state index contributed by atoms with van der Waals surface area (Å²) in [5.41, 5.74) is -1.87. The van der Waals surface area contributed by atoms with Crippen LogP contribution in [0.5, 0.6) is 0 Å². The average Bonchev–Trinajstić information content (AvgIpc) is 2.85. The maximum Gasteiger partial charge on any atom is 0.453 e. The second kappa shape index (κ2) is 4.66. The fraction of sp³-hybridized carbons (Fsp3) is 0.100. The van der Waals surface area contributed by atoms with Gasteiger partial charge in [0, 0.05) is 6.20 Å². The van der Waals surface area contributed by atoms with Crippen LogP contribution in [0.2, 0.25) is 5.02 Å². The Morgan fingerprint density at radius 2 is 1.91 bits per heavy atom. The van der Waals surface area contributed by atoms with Crippen LogP contribution < -0.4 is 11.2 Å². The summed E-state index contributed by atoms with van der Waals surface area (Å²) in [5.74, 6) is -1.53. The average molecular weight is 333 g/mol. The van der Waals surface area contributed by atoms with Crippen molar-refractivity contribution >= 4 is 17.2 Å². The molecule has 3 aromatic heterocycles. The molecule has 12 heteroatoms. The van der Waals surface area contributed by atoms with Crippen LogP contribution in [0.15, 0.2) is 27.9 Å². The lowest BCUT2D eigenvalue weighted by atomic mass is 10.5. The van der Waals surface area contributed by atoms with Crippen molar-refractivity contribution in [3.63, 3.8) is 0 Å². The highest BCUT2D eigenvalue weighted by atomic mass is 35.5. The van der Waals surface area contributed by atoms with Gasteiger partial charge >= 0.3 is 11.9 Å². The van der Waals surface area contributed by atoms with Gasteiger partial charge in [-0.05, 0) is 12.1 Å². The molecule has 0 bridgehead atoms. The van der Waals surface area contributed by atoms with E-state index in [2.05, 4.69) is 15.3 Å². The minimum Gasteiger partial charge on any atom is -0.272 e. The summed E-state index contributed by atoms with van der Waals surface area (Å²) in [6, 6.07) is 2.43. The molecule has 3 aromatic rings. The predicted molar refractivity (Wildman–Crippen MR) is 67.0 cm³/mol. The third-order valence-corrected chi connectivity index (χ3v) is 2.92. The summed E-state index contributed by atoms with van der Waals surface area (Å²) < 4.78 is 39.6. The number of alkyl halides is 3. The number of hydrogen-bond acceptors (Lipinski definition) is 5. The van der Waals surface area contributed by atoms with Crippen molar-refractivity contribution in [1.82, 2.24) is 29.4 Å². The molecule has 1 N–H and O–H groups in total. The van der Waals surface area contributed by atoms with Gasteiger partial charge in [-0.3, -0.25) is 9.78 Å². The molecular weight excluding hydrogens is 329 g/mol. The van der Waals surface area contributed by atoms with E-state index in [1.807, 2.05) is 4.98 Å². The quantitative estimate of drug-likeness (QED) is 0.705. The molecular formula is C10H4ClF3N6O2. The van der Waals surface area contributed by atoms with Crippen LogP contribution in [0.25, 0.3) is 11.5 Å². The van der Waals surface area contributed by atoms with Gasteiger partial charge in [0.2, 0.25) is 0 Å². The SMILES string of the molecule is O=c1[nH]c(=O)n(-c2ccc3nnc(C(F)(F)F)n3n2)cc1Cl. The number of halogens is 4. The third-order valence-electron chi connectivity index (χ3n) is 2.65. The van der Waals surface area contributed by atoms with Crippen molar-refractivity contribution in [2.75, 3.05) is 0 Å². The number of fused-ring (bicyclic) bond motifs is 1. The number of aromatic nitrogens is 6. The monoisotopic (exact) mass is 332 g/mol. The number of rotatable bonds is 1. The van der Waals surface area contributed by atoms with Gasteiger partial charge in [0.15, 0.2) is 11.5 Å². The maximum absolute atomic E-state index is 12.8. The van der Waals surface area contributed by atoms with Gasteiger partial charge < -0.3 is 0 Å². The first-order valence-corrected chi connectivity index (χ1v) is 5.96. The molecule has 0 aliphatic heterocycles. The van der Waals surface area contributed by atoms with Crippen LogP contribution in [0.1, 0.15) is 5.82 Å². The van der Waals surface area contributed by atoms with Crippen LogP contribution in [0, 0.1) is 0 Å². The normalized spacial score (nSPS) is 12.0. The minimum absolute atomic E-state index is 0.153. The van der Waals surface area contributed by atoms with Gasteiger partial charge in [-0.1, -0.05) is 11.6 Å². The van der Waals surface area contributed by atoms with Crippen LogP contribution in [-0.4, -0.2) is 29.4 Å². The Morgan fingerprint density at radius 3 is 2.59 bits per heavy atom. The Labute approximate surface area is 122 Å². The lowest BCUT2D eigenvalue weighted by molar-refractivity contribution is -0.146. The molecule has 0 aliphatic carbocycles. The second-order valence-corrected chi connectivity index (χ2v) is 4.50. The third kappa shape index (κ3) is 2.24. The first-order chi connectivity index (χ1) is 10.3. The van der Waals surface area contributed by atoms with E-state index < -0.39 is 23.2 Å². The van der Waals surface area contributed by atoms with E-state index in [0.717, 1.165) is 10.8 Å². The highest BCUT2D eigenvalue weighted by Crippen LogP contribution is 2.27. The molecule has 22 heavy (non-hydrogen) atoms. The number of nitrogens with one attached hydrogen (secondary N) is 1. The van der Waals surface area contributed by atoms with E-state index in [1.54, 1.807) is 0 Å². The zero-order valence-electron chi connectivity index (χ0n) is 10.3. The Bertz CT molecular complexity index is 989. The molecule has 0 saturated carbocycles. The number of aromatic amines is 1. The fourth-order valence-corrected chi connectivity index (χ4v) is 1.85. The lowest BCUT2D eigenvalue weighted by Crippen LogP contribution is -2.29. The molecule has 0 amide bonds. The Morgan fingerprint density at radius 1 is 1.18 bits per heavy atom. The zero-order valence-corrected chi connectivity index (χ0v) is 11.1. The van der Waals surface area contributed by atoms with Gasteiger partial charge in [0.25, 0.3) is 11.4 Å². The predicted octanol–water partition coefficient (Wildman–Crippen LogP) is 0.636. The molecule has 0 atom stereocenters. The molecule has 0 aromatic carbocycles. The highest BCUT2D eigenvalue weighted by Gasteiger charge is 2.37. The molecule has 0 spiro atoms. The van der Waals surface area contributed by atoms with Crippen LogP contribution in [0.3, 0.4) is 0 Å². The maximum atomic E-state index is 12.8. The summed E-state index contributed by atoms with van der Waals surface area (Å²) in [5, 5.41) is 9.68. The van der Waals surface area contributed by atoms with Crippen molar-refractivity contribution in [3.8, 4) is 5.82 Å². The molecule has 0 aliphatic rings. The summed E-state index contributed by atoms with van der Waals surface area (Å²) in [6.07, 6.45) is -3.81. The van der Waals surface area contributed by atoms with Crippen LogP contribution >= 0.6 is 11.6 Å².